The fourth-order valence-electron chi connectivity index (χ4n) is 0.916. The lowest BCUT2D eigenvalue weighted by Gasteiger charge is -2.08. The number of rotatable bonds is 4. The second-order valence-corrected chi connectivity index (χ2v) is 4.42. The quantitative estimate of drug-likeness (QED) is 0.671. The lowest BCUT2D eigenvalue weighted by molar-refractivity contribution is 0.0208. The highest BCUT2D eigenvalue weighted by Crippen LogP contribution is 2.17. The summed E-state index contributed by atoms with van der Waals surface area (Å²) in [7, 11) is 0. The minimum absolute atomic E-state index is 0.207. The molecule has 1 aromatic rings. The van der Waals surface area contributed by atoms with Gasteiger partial charge >= 0.3 is 0 Å². The molecule has 16 heavy (non-hydrogen) atoms. The van der Waals surface area contributed by atoms with Crippen molar-refractivity contribution in [1.82, 2.24) is 10.5 Å². The lowest BCUT2D eigenvalue weighted by Crippen LogP contribution is -2.25. The van der Waals surface area contributed by atoms with E-state index in [-0.39, 0.29) is 15.7 Å². The van der Waals surface area contributed by atoms with E-state index in [4.69, 9.17) is 28.0 Å². The molecule has 1 heterocycles. The number of hydrogen-bond donors (Lipinski definition) is 1. The average Bonchev–Trinajstić information content (AvgIpc) is 2.21. The zero-order valence-corrected chi connectivity index (χ0v) is 10.5. The fourth-order valence-corrected chi connectivity index (χ4v) is 1.26. The molecular formula is C10H12Cl2N2O2. The van der Waals surface area contributed by atoms with E-state index < -0.39 is 5.91 Å². The first kappa shape index (κ1) is 13.2. The van der Waals surface area contributed by atoms with Crippen molar-refractivity contribution in [2.24, 2.45) is 5.92 Å². The molecule has 88 valence electrons. The Kier molecular flexibility index (Phi) is 4.99. The molecular weight excluding hydrogens is 251 g/mol. The molecule has 0 aromatic carbocycles. The molecule has 1 N–H and O–H groups in total. The standard InChI is InChI=1S/C10H12Cl2N2O2/c1-6(2)5-16-14-10(15)7-3-9(12)13-4-8(7)11/h3-4,6H,5H2,1-2H3,(H,14,15). The zero-order chi connectivity index (χ0) is 12.1. The van der Waals surface area contributed by atoms with Crippen LogP contribution >= 0.6 is 23.2 Å². The van der Waals surface area contributed by atoms with Crippen LogP contribution in [0.3, 0.4) is 0 Å². The molecule has 1 rings (SSSR count). The largest absolute Gasteiger partial charge is 0.276 e. The van der Waals surface area contributed by atoms with Crippen LogP contribution in [0, 0.1) is 5.92 Å². The van der Waals surface area contributed by atoms with Gasteiger partial charge in [0.05, 0.1) is 17.2 Å². The predicted molar refractivity (Wildman–Crippen MR) is 62.5 cm³/mol. The third-order valence-electron chi connectivity index (χ3n) is 1.65. The first-order valence-corrected chi connectivity index (χ1v) is 5.49. The zero-order valence-electron chi connectivity index (χ0n) is 8.96. The van der Waals surface area contributed by atoms with Gasteiger partial charge in [0.15, 0.2) is 0 Å². The minimum atomic E-state index is -0.435. The molecule has 0 bridgehead atoms. The summed E-state index contributed by atoms with van der Waals surface area (Å²) < 4.78 is 0. The summed E-state index contributed by atoms with van der Waals surface area (Å²) in [5.74, 6) is -0.105. The van der Waals surface area contributed by atoms with E-state index in [0.717, 1.165) is 0 Å². The van der Waals surface area contributed by atoms with Crippen LogP contribution in [0.15, 0.2) is 12.3 Å². The van der Waals surface area contributed by atoms with Gasteiger partial charge in [-0.25, -0.2) is 10.5 Å². The highest BCUT2D eigenvalue weighted by Gasteiger charge is 2.11. The predicted octanol–water partition coefficient (Wildman–Crippen LogP) is 2.71. The van der Waals surface area contributed by atoms with Crippen LogP contribution in [0.5, 0.6) is 0 Å². The van der Waals surface area contributed by atoms with Crippen LogP contribution in [0.25, 0.3) is 0 Å². The number of amides is 1. The number of pyridine rings is 1. The van der Waals surface area contributed by atoms with Crippen molar-refractivity contribution in [3.8, 4) is 0 Å². The van der Waals surface area contributed by atoms with E-state index in [9.17, 15) is 4.79 Å². The number of carbonyl (C=O) groups is 1. The van der Waals surface area contributed by atoms with Crippen LogP contribution in [-0.2, 0) is 4.84 Å². The minimum Gasteiger partial charge on any atom is -0.273 e. The maximum absolute atomic E-state index is 11.6. The van der Waals surface area contributed by atoms with Gasteiger partial charge in [0.1, 0.15) is 5.15 Å². The third kappa shape index (κ3) is 3.96. The molecule has 0 aliphatic rings. The Morgan fingerprint density at radius 3 is 2.88 bits per heavy atom. The number of nitrogens with one attached hydrogen (secondary N) is 1. The number of nitrogens with zero attached hydrogens (tertiary/aromatic N) is 1. The van der Waals surface area contributed by atoms with Gasteiger partial charge in [0, 0.05) is 6.20 Å². The molecule has 6 heteroatoms. The van der Waals surface area contributed by atoms with Crippen molar-refractivity contribution in [3.05, 3.63) is 28.0 Å². The Morgan fingerprint density at radius 1 is 1.56 bits per heavy atom. The van der Waals surface area contributed by atoms with E-state index in [0.29, 0.717) is 12.5 Å². The van der Waals surface area contributed by atoms with Gasteiger partial charge in [-0.05, 0) is 12.0 Å². The van der Waals surface area contributed by atoms with Gasteiger partial charge in [-0.2, -0.15) is 0 Å². The Labute approximate surface area is 104 Å². The number of hydroxylamine groups is 1. The molecule has 0 aliphatic carbocycles. The van der Waals surface area contributed by atoms with Crippen LogP contribution in [0.2, 0.25) is 10.2 Å². The number of aromatic nitrogens is 1. The summed E-state index contributed by atoms with van der Waals surface area (Å²) >= 11 is 11.4. The van der Waals surface area contributed by atoms with Crippen molar-refractivity contribution in [2.45, 2.75) is 13.8 Å². The molecule has 0 unspecified atom stereocenters. The highest BCUT2D eigenvalue weighted by molar-refractivity contribution is 6.35. The second-order valence-electron chi connectivity index (χ2n) is 3.62. The van der Waals surface area contributed by atoms with Crippen LogP contribution in [0.4, 0.5) is 0 Å². The monoisotopic (exact) mass is 262 g/mol. The molecule has 4 nitrogen and oxygen atoms in total. The van der Waals surface area contributed by atoms with Gasteiger partial charge in [-0.15, -0.1) is 0 Å². The van der Waals surface area contributed by atoms with E-state index in [2.05, 4.69) is 10.5 Å². The summed E-state index contributed by atoms with van der Waals surface area (Å²) in [4.78, 5) is 20.3. The Hall–Kier alpha value is -0.840. The second kappa shape index (κ2) is 6.03. The van der Waals surface area contributed by atoms with E-state index in [1.54, 1.807) is 0 Å². The number of carbonyl (C=O) groups excluding carboxylic acids is 1. The Bertz CT molecular complexity index is 383. The van der Waals surface area contributed by atoms with Gasteiger partial charge in [-0.1, -0.05) is 37.0 Å². The third-order valence-corrected chi connectivity index (χ3v) is 2.16. The molecule has 0 saturated carbocycles. The summed E-state index contributed by atoms with van der Waals surface area (Å²) in [5, 5.41) is 0.438. The average molecular weight is 263 g/mol. The molecule has 1 amide bonds. The van der Waals surface area contributed by atoms with Crippen molar-refractivity contribution in [3.63, 3.8) is 0 Å². The van der Waals surface area contributed by atoms with Gasteiger partial charge in [0.2, 0.25) is 0 Å². The summed E-state index contributed by atoms with van der Waals surface area (Å²) in [6, 6.07) is 1.39. The van der Waals surface area contributed by atoms with Crippen molar-refractivity contribution < 1.29 is 9.63 Å². The fraction of sp³-hybridized carbons (Fsp3) is 0.400. The summed E-state index contributed by atoms with van der Waals surface area (Å²) in [6.07, 6.45) is 1.32. The summed E-state index contributed by atoms with van der Waals surface area (Å²) in [6.45, 7) is 4.38. The first-order chi connectivity index (χ1) is 7.50. The van der Waals surface area contributed by atoms with E-state index in [1.807, 2.05) is 13.8 Å². The summed E-state index contributed by atoms with van der Waals surface area (Å²) in [5.41, 5.74) is 2.53. The first-order valence-electron chi connectivity index (χ1n) is 4.74. The van der Waals surface area contributed by atoms with E-state index in [1.165, 1.54) is 12.3 Å². The van der Waals surface area contributed by atoms with Crippen LogP contribution < -0.4 is 5.48 Å². The van der Waals surface area contributed by atoms with Crippen molar-refractivity contribution >= 4 is 29.1 Å². The topological polar surface area (TPSA) is 51.2 Å². The van der Waals surface area contributed by atoms with Crippen LogP contribution in [0.1, 0.15) is 24.2 Å². The normalized spacial score (nSPS) is 10.6. The Morgan fingerprint density at radius 2 is 2.25 bits per heavy atom. The molecule has 0 saturated heterocycles. The highest BCUT2D eigenvalue weighted by atomic mass is 35.5. The van der Waals surface area contributed by atoms with Crippen molar-refractivity contribution in [1.29, 1.82) is 0 Å². The van der Waals surface area contributed by atoms with Crippen LogP contribution in [-0.4, -0.2) is 17.5 Å². The molecule has 0 atom stereocenters. The number of hydrogen-bond acceptors (Lipinski definition) is 3. The maximum atomic E-state index is 11.6. The van der Waals surface area contributed by atoms with Gasteiger partial charge in [-0.3, -0.25) is 9.63 Å². The lowest BCUT2D eigenvalue weighted by atomic mass is 10.2. The number of halogens is 2. The molecule has 1 aromatic heterocycles. The molecule has 0 spiro atoms. The van der Waals surface area contributed by atoms with E-state index >= 15 is 0 Å². The van der Waals surface area contributed by atoms with Gasteiger partial charge < -0.3 is 0 Å². The maximum Gasteiger partial charge on any atom is 0.276 e. The SMILES string of the molecule is CC(C)CONC(=O)c1cc(Cl)ncc1Cl. The molecule has 0 fully saturated rings. The van der Waals surface area contributed by atoms with Gasteiger partial charge in [0.25, 0.3) is 5.91 Å². The van der Waals surface area contributed by atoms with Crippen molar-refractivity contribution in [2.75, 3.05) is 6.61 Å². The molecule has 0 radical (unpaired) electrons. The molecule has 0 aliphatic heterocycles. The Balaban J connectivity index is 2.62. The smallest absolute Gasteiger partial charge is 0.273 e.